The molecule has 1 aliphatic rings. The molecule has 0 aliphatic carbocycles. The average Bonchev–Trinajstić information content (AvgIpc) is 3.17. The summed E-state index contributed by atoms with van der Waals surface area (Å²) in [7, 11) is 0. The third-order valence-electron chi connectivity index (χ3n) is 3.31. The van der Waals surface area contributed by atoms with Gasteiger partial charge in [-0.05, 0) is 12.1 Å². The molecule has 2 heterocycles. The molecule has 0 bridgehead atoms. The number of aromatic amines is 1. The third-order valence-corrected chi connectivity index (χ3v) is 3.31. The Balaban J connectivity index is 2.17. The number of nitro groups is 1. The number of rotatable bonds is 3. The van der Waals surface area contributed by atoms with Gasteiger partial charge in [-0.1, -0.05) is 0 Å². The van der Waals surface area contributed by atoms with Gasteiger partial charge in [0.15, 0.2) is 17.3 Å². The molecule has 0 radical (unpaired) electrons. The minimum atomic E-state index is -0.602. The van der Waals surface area contributed by atoms with Crippen molar-refractivity contribution in [2.45, 2.75) is 0 Å². The second kappa shape index (κ2) is 5.62. The topological polar surface area (TPSA) is 164 Å². The monoisotopic (exact) mass is 324 g/mol. The van der Waals surface area contributed by atoms with Crippen LogP contribution in [0.4, 0.5) is 11.5 Å². The molecule has 10 nitrogen and oxygen atoms in total. The second-order valence-corrected chi connectivity index (χ2v) is 4.66. The molecule has 1 aromatic heterocycles. The largest absolute Gasteiger partial charge is 0.454 e. The number of benzene rings is 1. The molecule has 24 heavy (non-hydrogen) atoms. The summed E-state index contributed by atoms with van der Waals surface area (Å²) < 4.78 is 10.3. The highest BCUT2D eigenvalue weighted by Gasteiger charge is 2.23. The van der Waals surface area contributed by atoms with Gasteiger partial charge in [0.2, 0.25) is 6.79 Å². The summed E-state index contributed by atoms with van der Waals surface area (Å²) in [4.78, 5) is 10.7. The van der Waals surface area contributed by atoms with E-state index < -0.39 is 4.92 Å². The molecule has 3 rings (SSSR count). The van der Waals surface area contributed by atoms with Crippen molar-refractivity contribution in [2.75, 3.05) is 12.5 Å². The number of H-pyrrole nitrogens is 1. The molecule has 0 fully saturated rings. The Morgan fingerprint density at radius 2 is 2.12 bits per heavy atom. The molecular formula is C14H8N6O4. The Morgan fingerprint density at radius 1 is 1.42 bits per heavy atom. The summed E-state index contributed by atoms with van der Waals surface area (Å²) in [5, 5.41) is 35.9. The van der Waals surface area contributed by atoms with E-state index in [1.54, 1.807) is 0 Å². The lowest BCUT2D eigenvalue weighted by Gasteiger charge is -2.02. The predicted octanol–water partition coefficient (Wildman–Crippen LogP) is 1.56. The highest BCUT2D eigenvalue weighted by atomic mass is 16.7. The van der Waals surface area contributed by atoms with Crippen LogP contribution < -0.4 is 15.2 Å². The maximum absolute atomic E-state index is 11.3. The molecule has 3 N–H and O–H groups in total. The van der Waals surface area contributed by atoms with Crippen LogP contribution in [0.2, 0.25) is 0 Å². The minimum Gasteiger partial charge on any atom is -0.454 e. The zero-order valence-corrected chi connectivity index (χ0v) is 11.9. The van der Waals surface area contributed by atoms with Crippen molar-refractivity contribution in [2.24, 2.45) is 0 Å². The van der Waals surface area contributed by atoms with Crippen LogP contribution in [0.1, 0.15) is 16.8 Å². The lowest BCUT2D eigenvalue weighted by molar-refractivity contribution is -0.385. The van der Waals surface area contributed by atoms with Crippen molar-refractivity contribution in [1.29, 1.82) is 10.5 Å². The summed E-state index contributed by atoms with van der Waals surface area (Å²) in [5.41, 5.74) is 5.45. The van der Waals surface area contributed by atoms with Gasteiger partial charge in [0.05, 0.1) is 27.8 Å². The number of hydrogen-bond donors (Lipinski definition) is 2. The van der Waals surface area contributed by atoms with Crippen LogP contribution in [0.15, 0.2) is 12.1 Å². The zero-order chi connectivity index (χ0) is 17.3. The van der Waals surface area contributed by atoms with Crippen molar-refractivity contribution in [3.05, 3.63) is 39.1 Å². The van der Waals surface area contributed by atoms with E-state index >= 15 is 0 Å². The van der Waals surface area contributed by atoms with Gasteiger partial charge in [0.25, 0.3) is 5.69 Å². The average molecular weight is 324 g/mol. The first-order valence-electron chi connectivity index (χ1n) is 6.49. The molecule has 2 aromatic rings. The summed E-state index contributed by atoms with van der Waals surface area (Å²) in [6.07, 6.45) is 1.26. The van der Waals surface area contributed by atoms with Crippen LogP contribution in [0.25, 0.3) is 11.6 Å². The lowest BCUT2D eigenvalue weighted by atomic mass is 10.0. The fourth-order valence-electron chi connectivity index (χ4n) is 2.20. The summed E-state index contributed by atoms with van der Waals surface area (Å²) in [6, 6.07) is 6.32. The number of ether oxygens (including phenoxy) is 2. The number of nitrogens with two attached hydrogens (primary N) is 1. The number of anilines is 1. The molecule has 0 spiro atoms. The normalized spacial score (nSPS) is 12.5. The van der Waals surface area contributed by atoms with Gasteiger partial charge >= 0.3 is 0 Å². The number of nitrogens with zero attached hydrogens (tertiary/aromatic N) is 4. The number of hydrogen-bond acceptors (Lipinski definition) is 8. The Kier molecular flexibility index (Phi) is 3.48. The molecule has 1 aromatic carbocycles. The molecule has 0 atom stereocenters. The van der Waals surface area contributed by atoms with E-state index in [1.165, 1.54) is 18.2 Å². The minimum absolute atomic E-state index is 0.00815. The Labute approximate surface area is 134 Å². The van der Waals surface area contributed by atoms with Gasteiger partial charge in [-0.15, -0.1) is 0 Å². The Hall–Kier alpha value is -4.05. The van der Waals surface area contributed by atoms with Crippen molar-refractivity contribution < 1.29 is 14.4 Å². The van der Waals surface area contributed by atoms with E-state index in [0.29, 0.717) is 5.75 Å². The molecule has 0 amide bonds. The summed E-state index contributed by atoms with van der Waals surface area (Å²) in [5.74, 6) is 0.517. The highest BCUT2D eigenvalue weighted by Crippen LogP contribution is 2.39. The van der Waals surface area contributed by atoms with Gasteiger partial charge in [0.1, 0.15) is 17.7 Å². The zero-order valence-electron chi connectivity index (χ0n) is 11.9. The molecule has 1 aliphatic heterocycles. The van der Waals surface area contributed by atoms with Crippen LogP contribution >= 0.6 is 0 Å². The number of allylic oxidation sites excluding steroid dienone is 1. The first-order chi connectivity index (χ1) is 11.5. The first kappa shape index (κ1) is 14.9. The fourth-order valence-corrected chi connectivity index (χ4v) is 2.20. The number of nitrogens with one attached hydrogen (secondary N) is 1. The lowest BCUT2D eigenvalue weighted by Crippen LogP contribution is -1.94. The highest BCUT2D eigenvalue weighted by molar-refractivity contribution is 5.93. The number of aromatic nitrogens is 2. The number of fused-ring (bicyclic) bond motifs is 1. The summed E-state index contributed by atoms with van der Waals surface area (Å²) >= 11 is 0. The third kappa shape index (κ3) is 2.34. The van der Waals surface area contributed by atoms with Crippen molar-refractivity contribution in [3.63, 3.8) is 0 Å². The maximum atomic E-state index is 11.3. The number of nitro benzene ring substituents is 1. The van der Waals surface area contributed by atoms with Crippen molar-refractivity contribution in [3.8, 4) is 23.6 Å². The molecule has 0 saturated heterocycles. The van der Waals surface area contributed by atoms with Gasteiger partial charge < -0.3 is 15.2 Å². The predicted molar refractivity (Wildman–Crippen MR) is 80.4 cm³/mol. The van der Waals surface area contributed by atoms with Crippen LogP contribution in [-0.4, -0.2) is 21.9 Å². The number of nitriles is 2. The van der Waals surface area contributed by atoms with E-state index in [1.807, 2.05) is 12.1 Å². The molecular weight excluding hydrogens is 316 g/mol. The van der Waals surface area contributed by atoms with Gasteiger partial charge in [-0.2, -0.15) is 15.6 Å². The molecule has 10 heteroatoms. The van der Waals surface area contributed by atoms with Crippen LogP contribution in [0, 0.1) is 32.8 Å². The first-order valence-corrected chi connectivity index (χ1v) is 6.49. The Morgan fingerprint density at radius 3 is 2.75 bits per heavy atom. The van der Waals surface area contributed by atoms with E-state index in [0.717, 1.165) is 0 Å². The van der Waals surface area contributed by atoms with Crippen LogP contribution in [0.5, 0.6) is 11.5 Å². The van der Waals surface area contributed by atoms with Gasteiger partial charge in [0, 0.05) is 0 Å². The van der Waals surface area contributed by atoms with E-state index in [4.69, 9.17) is 20.5 Å². The van der Waals surface area contributed by atoms with Crippen molar-refractivity contribution >= 4 is 23.2 Å². The van der Waals surface area contributed by atoms with Gasteiger partial charge in [-0.3, -0.25) is 15.2 Å². The van der Waals surface area contributed by atoms with E-state index in [9.17, 15) is 15.4 Å². The van der Waals surface area contributed by atoms with Crippen LogP contribution in [0.3, 0.4) is 0 Å². The maximum Gasteiger partial charge on any atom is 0.280 e. The van der Waals surface area contributed by atoms with Crippen LogP contribution in [-0.2, 0) is 0 Å². The van der Waals surface area contributed by atoms with Gasteiger partial charge in [-0.25, -0.2) is 0 Å². The van der Waals surface area contributed by atoms with E-state index in [-0.39, 0.29) is 46.4 Å². The number of nitrogen functional groups attached to an aromatic ring is 1. The molecule has 118 valence electrons. The second-order valence-electron chi connectivity index (χ2n) is 4.66. The molecule has 0 unspecified atom stereocenters. The quantitative estimate of drug-likeness (QED) is 0.487. The fraction of sp³-hybridized carbons (Fsp3) is 0.0714. The van der Waals surface area contributed by atoms with E-state index in [2.05, 4.69) is 10.2 Å². The smallest absolute Gasteiger partial charge is 0.280 e. The summed E-state index contributed by atoms with van der Waals surface area (Å²) in [6.45, 7) is -0.0412. The standard InChI is InChI=1S/C14H8N6O4/c15-4-8(13-9(5-16)14(17)19-18-13)1-7-2-11-12(24-6-23-11)3-10(7)20(21)22/h1-3H,6H2,(H3,17,18,19). The SMILES string of the molecule is N#CC(=Cc1cc2c(cc1[N+](=O)[O-])OCO2)c1[nH]nc(N)c1C#N. The van der Waals surface area contributed by atoms with Crippen molar-refractivity contribution in [1.82, 2.24) is 10.2 Å². The molecule has 0 saturated carbocycles. The Bertz CT molecular complexity index is 963.